The highest BCUT2D eigenvalue weighted by atomic mass is 19.1. The first-order valence-electron chi connectivity index (χ1n) is 5.70. The van der Waals surface area contributed by atoms with E-state index < -0.39 is 0 Å². The summed E-state index contributed by atoms with van der Waals surface area (Å²) in [5.74, 6) is 1.00. The molecule has 0 aliphatic heterocycles. The number of hydrogen-bond donors (Lipinski definition) is 1. The highest BCUT2D eigenvalue weighted by Gasteiger charge is 2.13. The maximum absolute atomic E-state index is 11.7. The summed E-state index contributed by atoms with van der Waals surface area (Å²) in [6.07, 6.45) is 9.11. The summed E-state index contributed by atoms with van der Waals surface area (Å²) in [5.41, 5.74) is 0. The number of rotatable bonds is 7. The second kappa shape index (κ2) is 7.31. The maximum atomic E-state index is 11.7. The quantitative estimate of drug-likeness (QED) is 0.604. The molecule has 0 aromatic carbocycles. The van der Waals surface area contributed by atoms with Gasteiger partial charge in [0.1, 0.15) is 0 Å². The van der Waals surface area contributed by atoms with Crippen LogP contribution in [0.3, 0.4) is 0 Å². The molecule has 13 heavy (non-hydrogen) atoms. The lowest BCUT2D eigenvalue weighted by molar-refractivity contribution is 0.442. The Bertz CT molecular complexity index is 111. The molecular formula is C11H22FN. The highest BCUT2D eigenvalue weighted by Crippen LogP contribution is 2.28. The molecule has 2 heteroatoms. The summed E-state index contributed by atoms with van der Waals surface area (Å²) < 4.78 is 11.7. The number of hydrogen-bond acceptors (Lipinski definition) is 1. The lowest BCUT2D eigenvalue weighted by atomic mass is 10.0. The minimum Gasteiger partial charge on any atom is -0.317 e. The fraction of sp³-hybridized carbons (Fsp3) is 1.00. The van der Waals surface area contributed by atoms with Crippen molar-refractivity contribution in [1.29, 1.82) is 0 Å². The summed E-state index contributed by atoms with van der Waals surface area (Å²) in [4.78, 5) is 0. The molecule has 0 atom stereocenters. The molecular weight excluding hydrogens is 165 g/mol. The van der Waals surface area contributed by atoms with Crippen LogP contribution in [0.4, 0.5) is 4.39 Å². The molecule has 0 aromatic rings. The van der Waals surface area contributed by atoms with Gasteiger partial charge in [0.05, 0.1) is 6.67 Å². The predicted molar refractivity (Wildman–Crippen MR) is 54.7 cm³/mol. The molecule has 0 amide bonds. The summed E-state index contributed by atoms with van der Waals surface area (Å²) in [7, 11) is 0. The van der Waals surface area contributed by atoms with Crippen LogP contribution in [0.25, 0.3) is 0 Å². The van der Waals surface area contributed by atoms with Gasteiger partial charge in [-0.3, -0.25) is 4.39 Å². The van der Waals surface area contributed by atoms with Gasteiger partial charge in [-0.25, -0.2) is 0 Å². The van der Waals surface area contributed by atoms with Gasteiger partial charge in [0.25, 0.3) is 0 Å². The minimum atomic E-state index is -0.185. The number of alkyl halides is 1. The van der Waals surface area contributed by atoms with E-state index in [9.17, 15) is 4.39 Å². The standard InChI is InChI=1S/C11H22FN/c12-8-4-10-13-9-3-7-11-5-1-2-6-11/h11,13H,1-10H2. The molecule has 1 fully saturated rings. The van der Waals surface area contributed by atoms with Crippen molar-refractivity contribution in [2.75, 3.05) is 19.8 Å². The molecule has 1 saturated carbocycles. The van der Waals surface area contributed by atoms with E-state index in [1.807, 2.05) is 0 Å². The molecule has 0 aromatic heterocycles. The van der Waals surface area contributed by atoms with E-state index in [2.05, 4.69) is 5.32 Å². The average molecular weight is 187 g/mol. The minimum absolute atomic E-state index is 0.185. The van der Waals surface area contributed by atoms with E-state index >= 15 is 0 Å². The van der Waals surface area contributed by atoms with Crippen molar-refractivity contribution in [1.82, 2.24) is 5.32 Å². The maximum Gasteiger partial charge on any atom is 0.0906 e. The van der Waals surface area contributed by atoms with E-state index in [1.54, 1.807) is 0 Å². The Hall–Kier alpha value is -0.110. The first-order valence-corrected chi connectivity index (χ1v) is 5.70. The third-order valence-corrected chi connectivity index (χ3v) is 2.93. The van der Waals surface area contributed by atoms with Crippen LogP contribution in [0, 0.1) is 5.92 Å². The Morgan fingerprint density at radius 2 is 1.77 bits per heavy atom. The molecule has 0 saturated heterocycles. The molecule has 78 valence electrons. The molecule has 0 unspecified atom stereocenters. The van der Waals surface area contributed by atoms with Gasteiger partial charge in [-0.2, -0.15) is 0 Å². The summed E-state index contributed by atoms with van der Waals surface area (Å²) in [6.45, 7) is 1.74. The van der Waals surface area contributed by atoms with Crippen molar-refractivity contribution < 1.29 is 4.39 Å². The number of halogens is 1. The smallest absolute Gasteiger partial charge is 0.0906 e. The topological polar surface area (TPSA) is 12.0 Å². The van der Waals surface area contributed by atoms with Crippen molar-refractivity contribution >= 4 is 0 Å². The van der Waals surface area contributed by atoms with Gasteiger partial charge < -0.3 is 5.32 Å². The van der Waals surface area contributed by atoms with E-state index in [-0.39, 0.29) is 6.67 Å². The van der Waals surface area contributed by atoms with Crippen LogP contribution >= 0.6 is 0 Å². The van der Waals surface area contributed by atoms with Crippen LogP contribution in [0.1, 0.15) is 44.9 Å². The lowest BCUT2D eigenvalue weighted by Gasteiger charge is -2.08. The normalized spacial score (nSPS) is 18.2. The van der Waals surface area contributed by atoms with E-state index in [0.717, 1.165) is 19.0 Å². The Morgan fingerprint density at radius 1 is 1.08 bits per heavy atom. The zero-order valence-electron chi connectivity index (χ0n) is 8.53. The van der Waals surface area contributed by atoms with Crippen LogP contribution in [0.2, 0.25) is 0 Å². The van der Waals surface area contributed by atoms with Gasteiger partial charge in [-0.15, -0.1) is 0 Å². The average Bonchev–Trinajstić information content (AvgIpc) is 2.63. The molecule has 0 radical (unpaired) electrons. The second-order valence-electron chi connectivity index (χ2n) is 4.09. The molecule has 1 aliphatic rings. The molecule has 1 aliphatic carbocycles. The van der Waals surface area contributed by atoms with Gasteiger partial charge in [0.2, 0.25) is 0 Å². The van der Waals surface area contributed by atoms with Crippen molar-refractivity contribution in [2.24, 2.45) is 5.92 Å². The molecule has 1 N–H and O–H groups in total. The highest BCUT2D eigenvalue weighted by molar-refractivity contribution is 4.67. The monoisotopic (exact) mass is 187 g/mol. The molecule has 0 heterocycles. The Balaban J connectivity index is 1.78. The second-order valence-corrected chi connectivity index (χ2v) is 4.09. The van der Waals surface area contributed by atoms with Crippen molar-refractivity contribution in [3.63, 3.8) is 0 Å². The van der Waals surface area contributed by atoms with Crippen LogP contribution < -0.4 is 5.32 Å². The van der Waals surface area contributed by atoms with Gasteiger partial charge >= 0.3 is 0 Å². The summed E-state index contributed by atoms with van der Waals surface area (Å²) in [6, 6.07) is 0. The first-order chi connectivity index (χ1) is 6.43. The SMILES string of the molecule is FCCCNCCCC1CCCC1. The third kappa shape index (κ3) is 5.25. The van der Waals surface area contributed by atoms with Crippen LogP contribution in [0.15, 0.2) is 0 Å². The predicted octanol–water partition coefficient (Wildman–Crippen LogP) is 2.91. The van der Waals surface area contributed by atoms with Crippen LogP contribution in [-0.2, 0) is 0 Å². The fourth-order valence-corrected chi connectivity index (χ4v) is 2.13. The Labute approximate surface area is 81.1 Å². The Kier molecular flexibility index (Phi) is 6.17. The zero-order valence-corrected chi connectivity index (χ0v) is 8.53. The van der Waals surface area contributed by atoms with E-state index in [0.29, 0.717) is 6.42 Å². The largest absolute Gasteiger partial charge is 0.317 e. The summed E-state index contributed by atoms with van der Waals surface area (Å²) >= 11 is 0. The van der Waals surface area contributed by atoms with Gasteiger partial charge in [-0.1, -0.05) is 25.7 Å². The van der Waals surface area contributed by atoms with Crippen molar-refractivity contribution in [3.8, 4) is 0 Å². The molecule has 1 nitrogen and oxygen atoms in total. The zero-order chi connectivity index (χ0) is 9.36. The van der Waals surface area contributed by atoms with Crippen LogP contribution in [-0.4, -0.2) is 19.8 Å². The van der Waals surface area contributed by atoms with Gasteiger partial charge in [0.15, 0.2) is 0 Å². The number of nitrogens with one attached hydrogen (secondary N) is 1. The van der Waals surface area contributed by atoms with Crippen molar-refractivity contribution in [3.05, 3.63) is 0 Å². The lowest BCUT2D eigenvalue weighted by Crippen LogP contribution is -2.17. The van der Waals surface area contributed by atoms with Crippen LogP contribution in [0.5, 0.6) is 0 Å². The first kappa shape index (κ1) is 11.0. The molecule has 1 rings (SSSR count). The fourth-order valence-electron chi connectivity index (χ4n) is 2.13. The van der Waals surface area contributed by atoms with Crippen molar-refractivity contribution in [2.45, 2.75) is 44.9 Å². The van der Waals surface area contributed by atoms with Gasteiger partial charge in [-0.05, 0) is 38.3 Å². The third-order valence-electron chi connectivity index (χ3n) is 2.93. The Morgan fingerprint density at radius 3 is 2.46 bits per heavy atom. The molecule has 0 spiro atoms. The summed E-state index contributed by atoms with van der Waals surface area (Å²) in [5, 5.41) is 3.27. The van der Waals surface area contributed by atoms with E-state index in [4.69, 9.17) is 0 Å². The molecule has 0 bridgehead atoms. The van der Waals surface area contributed by atoms with E-state index in [1.165, 1.54) is 38.5 Å². The van der Waals surface area contributed by atoms with Gasteiger partial charge in [0, 0.05) is 0 Å².